The van der Waals surface area contributed by atoms with Crippen molar-refractivity contribution in [3.05, 3.63) is 47.5 Å². The van der Waals surface area contributed by atoms with Crippen molar-refractivity contribution in [2.75, 3.05) is 43.0 Å². The zero-order valence-electron chi connectivity index (χ0n) is 15.3. The third-order valence-corrected chi connectivity index (χ3v) is 6.22. The maximum Gasteiger partial charge on any atom is 0.262 e. The van der Waals surface area contributed by atoms with Crippen LogP contribution in [0.4, 0.5) is 11.4 Å². The van der Waals surface area contributed by atoms with E-state index in [0.717, 1.165) is 24.3 Å². The van der Waals surface area contributed by atoms with E-state index in [-0.39, 0.29) is 4.90 Å². The van der Waals surface area contributed by atoms with E-state index in [1.807, 2.05) is 19.1 Å². The summed E-state index contributed by atoms with van der Waals surface area (Å²) in [7, 11) is -2.09. The van der Waals surface area contributed by atoms with Crippen LogP contribution in [-0.2, 0) is 14.8 Å². The van der Waals surface area contributed by atoms with Crippen LogP contribution >= 0.6 is 0 Å². The fourth-order valence-electron chi connectivity index (χ4n) is 3.06. The number of rotatable bonds is 5. The lowest BCUT2D eigenvalue weighted by atomic mass is 10.1. The zero-order chi connectivity index (χ0) is 18.7. The van der Waals surface area contributed by atoms with Crippen molar-refractivity contribution in [1.29, 1.82) is 0 Å². The molecule has 6 nitrogen and oxygen atoms in total. The highest BCUT2D eigenvalue weighted by atomic mass is 32.2. The number of anilines is 2. The summed E-state index contributed by atoms with van der Waals surface area (Å²) in [6, 6.07) is 10.7. The molecule has 140 valence electrons. The molecule has 1 N–H and O–H groups in total. The quantitative estimate of drug-likeness (QED) is 0.869. The van der Waals surface area contributed by atoms with Crippen LogP contribution in [0.1, 0.15) is 11.1 Å². The van der Waals surface area contributed by atoms with E-state index in [1.165, 1.54) is 0 Å². The maximum atomic E-state index is 12.8. The van der Waals surface area contributed by atoms with Gasteiger partial charge >= 0.3 is 0 Å². The molecular formula is C19H24N2O4S. The number of sulfonamides is 1. The van der Waals surface area contributed by atoms with Gasteiger partial charge in [-0.05, 0) is 61.4 Å². The molecule has 0 unspecified atom stereocenters. The average Bonchev–Trinajstić information content (AvgIpc) is 2.65. The van der Waals surface area contributed by atoms with Gasteiger partial charge in [-0.3, -0.25) is 4.72 Å². The van der Waals surface area contributed by atoms with Gasteiger partial charge in [-0.1, -0.05) is 0 Å². The standard InChI is InChI=1S/C19H24N2O4S/c1-14-15(2)19(9-8-18(14)24-3)26(22,23)20-16-4-6-17(7-5-16)21-10-12-25-13-11-21/h4-9,20H,10-13H2,1-3H3. The Labute approximate surface area is 154 Å². The van der Waals surface area contributed by atoms with Crippen molar-refractivity contribution in [3.63, 3.8) is 0 Å². The molecule has 0 amide bonds. The predicted molar refractivity (Wildman–Crippen MR) is 103 cm³/mol. The van der Waals surface area contributed by atoms with Gasteiger partial charge < -0.3 is 14.4 Å². The lowest BCUT2D eigenvalue weighted by Gasteiger charge is -2.28. The molecule has 0 radical (unpaired) electrons. The molecule has 7 heteroatoms. The van der Waals surface area contributed by atoms with Crippen LogP contribution in [0, 0.1) is 13.8 Å². The molecule has 0 saturated carbocycles. The van der Waals surface area contributed by atoms with E-state index in [0.29, 0.717) is 30.2 Å². The van der Waals surface area contributed by atoms with Crippen LogP contribution in [0.5, 0.6) is 5.75 Å². The summed E-state index contributed by atoms with van der Waals surface area (Å²) in [5, 5.41) is 0. The van der Waals surface area contributed by atoms with Gasteiger partial charge in [0.25, 0.3) is 10.0 Å². The van der Waals surface area contributed by atoms with Gasteiger partial charge in [-0.2, -0.15) is 0 Å². The second kappa shape index (κ2) is 7.55. The van der Waals surface area contributed by atoms with Gasteiger partial charge in [-0.15, -0.1) is 0 Å². The fraction of sp³-hybridized carbons (Fsp3) is 0.368. The van der Waals surface area contributed by atoms with E-state index in [9.17, 15) is 8.42 Å². The Hall–Kier alpha value is -2.25. The molecule has 0 aliphatic carbocycles. The van der Waals surface area contributed by atoms with Gasteiger partial charge in [0, 0.05) is 24.5 Å². The van der Waals surface area contributed by atoms with E-state index >= 15 is 0 Å². The Bertz CT molecular complexity index is 873. The van der Waals surface area contributed by atoms with Crippen molar-refractivity contribution in [2.24, 2.45) is 0 Å². The molecule has 1 aliphatic rings. The lowest BCUT2D eigenvalue weighted by molar-refractivity contribution is 0.122. The summed E-state index contributed by atoms with van der Waals surface area (Å²) in [6.45, 7) is 6.75. The molecule has 26 heavy (non-hydrogen) atoms. The van der Waals surface area contributed by atoms with Gasteiger partial charge in [0.05, 0.1) is 25.2 Å². The largest absolute Gasteiger partial charge is 0.496 e. The maximum absolute atomic E-state index is 12.8. The molecule has 1 aliphatic heterocycles. The summed E-state index contributed by atoms with van der Waals surface area (Å²) in [6.07, 6.45) is 0. The first kappa shape index (κ1) is 18.5. The molecule has 0 atom stereocenters. The van der Waals surface area contributed by atoms with Crippen molar-refractivity contribution >= 4 is 21.4 Å². The van der Waals surface area contributed by atoms with Crippen LogP contribution in [0.25, 0.3) is 0 Å². The molecule has 1 saturated heterocycles. The Morgan fingerprint density at radius 3 is 2.27 bits per heavy atom. The molecule has 2 aromatic carbocycles. The Morgan fingerprint density at radius 1 is 1.00 bits per heavy atom. The monoisotopic (exact) mass is 376 g/mol. The Balaban J connectivity index is 1.80. The summed E-state index contributed by atoms with van der Waals surface area (Å²) in [5.41, 5.74) is 3.10. The number of hydrogen-bond acceptors (Lipinski definition) is 5. The van der Waals surface area contributed by atoms with Gasteiger partial charge in [0.15, 0.2) is 0 Å². The van der Waals surface area contributed by atoms with Crippen molar-refractivity contribution in [3.8, 4) is 5.75 Å². The van der Waals surface area contributed by atoms with Crippen molar-refractivity contribution < 1.29 is 17.9 Å². The van der Waals surface area contributed by atoms with Crippen molar-refractivity contribution in [1.82, 2.24) is 0 Å². The minimum absolute atomic E-state index is 0.257. The topological polar surface area (TPSA) is 67.9 Å². The minimum atomic E-state index is -3.67. The zero-order valence-corrected chi connectivity index (χ0v) is 16.1. The second-order valence-electron chi connectivity index (χ2n) is 6.27. The number of nitrogens with one attached hydrogen (secondary N) is 1. The first-order valence-corrected chi connectivity index (χ1v) is 10.0. The SMILES string of the molecule is COc1ccc(S(=O)(=O)Nc2ccc(N3CCOCC3)cc2)c(C)c1C. The summed E-state index contributed by atoms with van der Waals surface area (Å²) in [5.74, 6) is 0.677. The van der Waals surface area contributed by atoms with Gasteiger partial charge in [0.2, 0.25) is 0 Å². The van der Waals surface area contributed by atoms with Gasteiger partial charge in [-0.25, -0.2) is 8.42 Å². The van der Waals surface area contributed by atoms with Crippen LogP contribution < -0.4 is 14.4 Å². The molecule has 3 rings (SSSR count). The predicted octanol–water partition coefficient (Wildman–Crippen LogP) is 2.95. The highest BCUT2D eigenvalue weighted by molar-refractivity contribution is 7.92. The van der Waals surface area contributed by atoms with Crippen LogP contribution in [0.2, 0.25) is 0 Å². The molecular weight excluding hydrogens is 352 g/mol. The van der Waals surface area contributed by atoms with E-state index in [2.05, 4.69) is 9.62 Å². The van der Waals surface area contributed by atoms with E-state index in [4.69, 9.17) is 9.47 Å². The second-order valence-corrected chi connectivity index (χ2v) is 7.92. The lowest BCUT2D eigenvalue weighted by Crippen LogP contribution is -2.36. The summed E-state index contributed by atoms with van der Waals surface area (Å²) >= 11 is 0. The first-order chi connectivity index (χ1) is 12.4. The highest BCUT2D eigenvalue weighted by Gasteiger charge is 2.20. The van der Waals surface area contributed by atoms with E-state index < -0.39 is 10.0 Å². The van der Waals surface area contributed by atoms with Crippen LogP contribution in [0.15, 0.2) is 41.3 Å². The van der Waals surface area contributed by atoms with Crippen LogP contribution in [0.3, 0.4) is 0 Å². The number of ether oxygens (including phenoxy) is 2. The average molecular weight is 376 g/mol. The molecule has 0 spiro atoms. The van der Waals surface area contributed by atoms with Gasteiger partial charge in [0.1, 0.15) is 5.75 Å². The normalized spacial score (nSPS) is 15.0. The first-order valence-electron chi connectivity index (χ1n) is 8.52. The smallest absolute Gasteiger partial charge is 0.262 e. The Kier molecular flexibility index (Phi) is 5.38. The van der Waals surface area contributed by atoms with Crippen LogP contribution in [-0.4, -0.2) is 41.8 Å². The molecule has 0 aromatic heterocycles. The summed E-state index contributed by atoms with van der Waals surface area (Å²) < 4.78 is 38.8. The number of morpholine rings is 1. The molecule has 2 aromatic rings. The number of methoxy groups -OCH3 is 1. The van der Waals surface area contributed by atoms with Crippen molar-refractivity contribution in [2.45, 2.75) is 18.7 Å². The summed E-state index contributed by atoms with van der Waals surface area (Å²) in [4.78, 5) is 2.48. The third-order valence-electron chi connectivity index (χ3n) is 4.69. The van der Waals surface area contributed by atoms with E-state index in [1.54, 1.807) is 38.3 Å². The Morgan fingerprint density at radius 2 is 1.65 bits per heavy atom. The number of nitrogens with zero attached hydrogens (tertiary/aromatic N) is 1. The highest BCUT2D eigenvalue weighted by Crippen LogP contribution is 2.28. The fourth-order valence-corrected chi connectivity index (χ4v) is 4.41. The molecule has 1 heterocycles. The molecule has 1 fully saturated rings. The third kappa shape index (κ3) is 3.78. The number of benzene rings is 2. The minimum Gasteiger partial charge on any atom is -0.496 e. The number of hydrogen-bond donors (Lipinski definition) is 1. The molecule has 0 bridgehead atoms.